The van der Waals surface area contributed by atoms with Gasteiger partial charge in [0, 0.05) is 0 Å². The van der Waals surface area contributed by atoms with E-state index in [1.165, 1.54) is 96.6 Å². The average molecular weight is 401 g/mol. The minimum atomic E-state index is 0.0257. The van der Waals surface area contributed by atoms with Crippen molar-refractivity contribution in [2.24, 2.45) is 5.92 Å². The van der Waals surface area contributed by atoms with Crippen LogP contribution in [0.4, 0.5) is 0 Å². The molecule has 1 aromatic rings. The number of likely N-dealkylation sites (tertiary alicyclic amines) is 1. The van der Waals surface area contributed by atoms with E-state index in [1.807, 2.05) is 5.30 Å². The second-order valence-electron chi connectivity index (χ2n) is 10.2. The van der Waals surface area contributed by atoms with Gasteiger partial charge in [0.15, 0.2) is 0 Å². The van der Waals surface area contributed by atoms with Crippen LogP contribution in [0.5, 0.6) is 0 Å². The molecule has 1 aliphatic heterocycles. The summed E-state index contributed by atoms with van der Waals surface area (Å²) < 4.78 is 0. The first-order chi connectivity index (χ1) is 13.7. The number of hydrogen-bond donors (Lipinski definition) is 0. The summed E-state index contributed by atoms with van der Waals surface area (Å²) >= 11 is 0. The van der Waals surface area contributed by atoms with Crippen LogP contribution in [0.15, 0.2) is 18.2 Å². The highest BCUT2D eigenvalue weighted by Crippen LogP contribution is 2.56. The predicted molar refractivity (Wildman–Crippen MR) is 125 cm³/mol. The lowest BCUT2D eigenvalue weighted by Crippen LogP contribution is -2.32. The summed E-state index contributed by atoms with van der Waals surface area (Å²) in [6, 6.07) is 8.24. The van der Waals surface area contributed by atoms with E-state index in [9.17, 15) is 0 Å². The standard InChI is InChI=1S/C26H43NP/c1-21(2)20-25(27-18-9-10-19-27)24-16-11-17-26(24)28(22-12-5-3-6-13-22)23-14-7-4-8-15-23/h11,16-17,21-23,25H,3-10,12-15,18-20H2,1-2H3/q-1/t25-/m0/s1. The molecule has 1 aromatic carbocycles. The van der Waals surface area contributed by atoms with Crippen LogP contribution < -0.4 is 5.30 Å². The lowest BCUT2D eigenvalue weighted by molar-refractivity contribution is 0.216. The van der Waals surface area contributed by atoms with Crippen LogP contribution in [-0.4, -0.2) is 29.3 Å². The fourth-order valence-corrected chi connectivity index (χ4v) is 10.3. The molecule has 3 fully saturated rings. The Morgan fingerprint density at radius 1 is 0.893 bits per heavy atom. The van der Waals surface area contributed by atoms with Crippen molar-refractivity contribution in [2.45, 2.75) is 115 Å². The first kappa shape index (κ1) is 21.0. The van der Waals surface area contributed by atoms with Gasteiger partial charge in [0.05, 0.1) is 0 Å². The quantitative estimate of drug-likeness (QED) is 0.341. The van der Waals surface area contributed by atoms with Crippen LogP contribution in [0.2, 0.25) is 0 Å². The van der Waals surface area contributed by atoms with Gasteiger partial charge in [0.2, 0.25) is 0 Å². The fraction of sp³-hybridized carbons (Fsp3) is 0.808. The van der Waals surface area contributed by atoms with E-state index in [2.05, 4.69) is 36.9 Å². The van der Waals surface area contributed by atoms with Crippen LogP contribution in [0.25, 0.3) is 0 Å². The maximum Gasteiger partial charge on any atom is -0.00229 e. The van der Waals surface area contributed by atoms with Crippen molar-refractivity contribution in [2.75, 3.05) is 13.1 Å². The minimum Gasteiger partial charge on any atom is -0.307 e. The molecule has 2 heteroatoms. The third-order valence-corrected chi connectivity index (χ3v) is 11.2. The van der Waals surface area contributed by atoms with E-state index in [4.69, 9.17) is 0 Å². The van der Waals surface area contributed by atoms with Crippen molar-refractivity contribution >= 4 is 13.2 Å². The summed E-state index contributed by atoms with van der Waals surface area (Å²) in [6.07, 6.45) is 19.2. The Kier molecular flexibility index (Phi) is 7.62. The van der Waals surface area contributed by atoms with E-state index in [0.29, 0.717) is 6.04 Å². The van der Waals surface area contributed by atoms with Gasteiger partial charge in [-0.15, -0.1) is 10.9 Å². The maximum absolute atomic E-state index is 2.84. The van der Waals surface area contributed by atoms with E-state index in [0.717, 1.165) is 17.2 Å². The molecule has 0 unspecified atom stereocenters. The molecule has 0 bridgehead atoms. The summed E-state index contributed by atoms with van der Waals surface area (Å²) in [7, 11) is 0.0257. The molecular formula is C26H43NP-. The van der Waals surface area contributed by atoms with Crippen molar-refractivity contribution in [1.82, 2.24) is 4.90 Å². The first-order valence-corrected chi connectivity index (χ1v) is 14.0. The molecule has 0 aromatic heterocycles. The summed E-state index contributed by atoms with van der Waals surface area (Å²) in [5, 5.41) is 1.85. The summed E-state index contributed by atoms with van der Waals surface area (Å²) in [4.78, 5) is 2.84. The van der Waals surface area contributed by atoms with Gasteiger partial charge < -0.3 is 4.90 Å². The second-order valence-corrected chi connectivity index (χ2v) is 13.0. The summed E-state index contributed by atoms with van der Waals surface area (Å²) in [5.74, 6) is 0.781. The normalized spacial score (nSPS) is 24.4. The van der Waals surface area contributed by atoms with Gasteiger partial charge in [0.1, 0.15) is 0 Å². The van der Waals surface area contributed by atoms with E-state index >= 15 is 0 Å². The third-order valence-electron chi connectivity index (χ3n) is 7.68. The summed E-state index contributed by atoms with van der Waals surface area (Å²) in [5.41, 5.74) is 3.80. The summed E-state index contributed by atoms with van der Waals surface area (Å²) in [6.45, 7) is 7.51. The van der Waals surface area contributed by atoms with Gasteiger partial charge in [-0.1, -0.05) is 60.3 Å². The Morgan fingerprint density at radius 3 is 2.00 bits per heavy atom. The van der Waals surface area contributed by atoms with Crippen LogP contribution in [-0.2, 0) is 0 Å². The molecule has 0 spiro atoms. The molecule has 158 valence electrons. The van der Waals surface area contributed by atoms with Gasteiger partial charge in [-0.2, -0.15) is 6.07 Å². The highest BCUT2D eigenvalue weighted by Gasteiger charge is 2.33. The first-order valence-electron chi connectivity index (χ1n) is 12.5. The Hall–Kier alpha value is -0.260. The molecule has 3 aliphatic rings. The van der Waals surface area contributed by atoms with Crippen molar-refractivity contribution in [3.63, 3.8) is 0 Å². The van der Waals surface area contributed by atoms with Crippen molar-refractivity contribution < 1.29 is 0 Å². The highest BCUT2D eigenvalue weighted by atomic mass is 31.1. The van der Waals surface area contributed by atoms with Gasteiger partial charge in [-0.25, -0.2) is 12.1 Å². The largest absolute Gasteiger partial charge is 0.307 e. The Balaban J connectivity index is 1.65. The molecule has 1 saturated heterocycles. The number of nitrogens with zero attached hydrogens (tertiary/aromatic N) is 1. The Labute approximate surface area is 175 Å². The van der Waals surface area contributed by atoms with Gasteiger partial charge in [-0.3, -0.25) is 0 Å². The van der Waals surface area contributed by atoms with Gasteiger partial charge in [-0.05, 0) is 81.3 Å². The molecule has 0 amide bonds. The van der Waals surface area contributed by atoms with Crippen LogP contribution in [0.3, 0.4) is 0 Å². The monoisotopic (exact) mass is 400 g/mol. The van der Waals surface area contributed by atoms with E-state index in [1.54, 1.807) is 5.56 Å². The van der Waals surface area contributed by atoms with Gasteiger partial charge >= 0.3 is 0 Å². The Morgan fingerprint density at radius 2 is 1.46 bits per heavy atom. The van der Waals surface area contributed by atoms with Gasteiger partial charge in [0.25, 0.3) is 0 Å². The lowest BCUT2D eigenvalue weighted by atomic mass is 9.97. The number of hydrogen-bond acceptors (Lipinski definition) is 1. The molecule has 2 saturated carbocycles. The highest BCUT2D eigenvalue weighted by molar-refractivity contribution is 7.67. The topological polar surface area (TPSA) is 3.24 Å². The molecule has 0 radical (unpaired) electrons. The van der Waals surface area contributed by atoms with E-state index < -0.39 is 0 Å². The predicted octanol–water partition coefficient (Wildman–Crippen LogP) is 7.36. The average Bonchev–Trinajstić information content (AvgIpc) is 3.41. The maximum atomic E-state index is 2.84. The lowest BCUT2D eigenvalue weighted by Gasteiger charge is -2.43. The fourth-order valence-electron chi connectivity index (χ4n) is 6.32. The molecule has 28 heavy (non-hydrogen) atoms. The van der Waals surface area contributed by atoms with Crippen molar-refractivity contribution in [3.8, 4) is 0 Å². The van der Waals surface area contributed by atoms with Crippen LogP contribution in [0.1, 0.15) is 109 Å². The van der Waals surface area contributed by atoms with Crippen LogP contribution >= 0.6 is 7.92 Å². The number of rotatable bonds is 7. The zero-order valence-electron chi connectivity index (χ0n) is 18.5. The molecule has 4 rings (SSSR count). The molecule has 1 heterocycles. The van der Waals surface area contributed by atoms with Crippen LogP contribution in [0, 0.1) is 5.92 Å². The minimum absolute atomic E-state index is 0.0257. The molecule has 1 atom stereocenters. The van der Waals surface area contributed by atoms with E-state index in [-0.39, 0.29) is 7.92 Å². The zero-order valence-corrected chi connectivity index (χ0v) is 19.4. The molecule has 0 N–H and O–H groups in total. The smallest absolute Gasteiger partial charge is 0.00229 e. The third kappa shape index (κ3) is 4.89. The zero-order chi connectivity index (χ0) is 19.3. The second kappa shape index (κ2) is 10.2. The van der Waals surface area contributed by atoms with Crippen molar-refractivity contribution in [3.05, 3.63) is 23.8 Å². The SMILES string of the molecule is CC(C)C[C@@H]([c-]1cccc1P(C1CCCCC1)C1CCCCC1)N1CCCC1. The Bertz CT molecular complexity index is 555. The molecule has 1 nitrogen and oxygen atoms in total. The molecule has 2 aliphatic carbocycles. The molecular weight excluding hydrogens is 357 g/mol. The van der Waals surface area contributed by atoms with Crippen molar-refractivity contribution in [1.29, 1.82) is 0 Å².